The van der Waals surface area contributed by atoms with Gasteiger partial charge < -0.3 is 14.8 Å². The van der Waals surface area contributed by atoms with Crippen molar-refractivity contribution in [2.24, 2.45) is 0 Å². The SMILES string of the molecule is COc1ccccc1NC(=O)COC(=O)c1cc2ccccc2s1. The van der Waals surface area contributed by atoms with Gasteiger partial charge in [0.1, 0.15) is 10.6 Å². The monoisotopic (exact) mass is 341 g/mol. The Labute approximate surface area is 142 Å². The van der Waals surface area contributed by atoms with Crippen LogP contribution < -0.4 is 10.1 Å². The Balaban J connectivity index is 1.60. The van der Waals surface area contributed by atoms with E-state index in [2.05, 4.69) is 5.32 Å². The third kappa shape index (κ3) is 3.55. The van der Waals surface area contributed by atoms with E-state index in [0.29, 0.717) is 16.3 Å². The summed E-state index contributed by atoms with van der Waals surface area (Å²) in [6.45, 7) is -0.356. The van der Waals surface area contributed by atoms with E-state index in [1.165, 1.54) is 18.4 Å². The second-order valence-corrected chi connectivity index (χ2v) is 6.06. The molecule has 1 heterocycles. The summed E-state index contributed by atoms with van der Waals surface area (Å²) in [4.78, 5) is 24.5. The highest BCUT2D eigenvalue weighted by molar-refractivity contribution is 7.20. The van der Waals surface area contributed by atoms with Gasteiger partial charge in [-0.2, -0.15) is 0 Å². The summed E-state index contributed by atoms with van der Waals surface area (Å²) in [5.74, 6) is -0.387. The lowest BCUT2D eigenvalue weighted by Gasteiger charge is -2.09. The van der Waals surface area contributed by atoms with Crippen LogP contribution in [-0.4, -0.2) is 25.6 Å². The zero-order chi connectivity index (χ0) is 16.9. The molecule has 0 saturated heterocycles. The summed E-state index contributed by atoms with van der Waals surface area (Å²) in [5.41, 5.74) is 0.530. The zero-order valence-electron chi connectivity index (χ0n) is 12.9. The number of thiophene rings is 1. The molecule has 6 heteroatoms. The van der Waals surface area contributed by atoms with E-state index in [1.807, 2.05) is 24.3 Å². The molecule has 0 aliphatic heterocycles. The molecular weight excluding hydrogens is 326 g/mol. The Morgan fingerprint density at radius 3 is 2.62 bits per heavy atom. The molecule has 0 aliphatic carbocycles. The van der Waals surface area contributed by atoms with E-state index < -0.39 is 11.9 Å². The van der Waals surface area contributed by atoms with Crippen molar-refractivity contribution in [1.82, 2.24) is 0 Å². The quantitative estimate of drug-likeness (QED) is 0.719. The lowest BCUT2D eigenvalue weighted by Crippen LogP contribution is -2.20. The van der Waals surface area contributed by atoms with E-state index >= 15 is 0 Å². The van der Waals surface area contributed by atoms with Crippen LogP contribution in [0.25, 0.3) is 10.1 Å². The molecule has 0 aliphatic rings. The van der Waals surface area contributed by atoms with E-state index in [1.54, 1.807) is 30.3 Å². The van der Waals surface area contributed by atoms with Crippen LogP contribution in [0.2, 0.25) is 0 Å². The maximum Gasteiger partial charge on any atom is 0.348 e. The number of carbonyl (C=O) groups is 2. The number of benzene rings is 2. The molecular formula is C18H15NO4S. The van der Waals surface area contributed by atoms with Gasteiger partial charge in [-0.05, 0) is 29.7 Å². The van der Waals surface area contributed by atoms with Gasteiger partial charge in [-0.3, -0.25) is 4.79 Å². The third-order valence-electron chi connectivity index (χ3n) is 3.34. The van der Waals surface area contributed by atoms with Gasteiger partial charge in [0, 0.05) is 4.70 Å². The topological polar surface area (TPSA) is 64.6 Å². The van der Waals surface area contributed by atoms with Crippen molar-refractivity contribution >= 4 is 39.0 Å². The van der Waals surface area contributed by atoms with Gasteiger partial charge >= 0.3 is 5.97 Å². The normalized spacial score (nSPS) is 10.4. The molecule has 24 heavy (non-hydrogen) atoms. The number of esters is 1. The summed E-state index contributed by atoms with van der Waals surface area (Å²) in [6, 6.07) is 16.5. The Morgan fingerprint density at radius 1 is 1.08 bits per heavy atom. The molecule has 1 amide bonds. The summed E-state index contributed by atoms with van der Waals surface area (Å²) in [7, 11) is 1.52. The minimum atomic E-state index is -0.508. The van der Waals surface area contributed by atoms with Crippen LogP contribution in [0.4, 0.5) is 5.69 Å². The van der Waals surface area contributed by atoms with Gasteiger partial charge in [0.05, 0.1) is 12.8 Å². The molecule has 3 aromatic rings. The molecule has 0 radical (unpaired) electrons. The number of amides is 1. The molecule has 0 spiro atoms. The first kappa shape index (κ1) is 16.0. The Bertz CT molecular complexity index is 854. The number of fused-ring (bicyclic) bond motifs is 1. The number of methoxy groups -OCH3 is 1. The van der Waals surface area contributed by atoms with Gasteiger partial charge in [-0.25, -0.2) is 4.79 Å². The molecule has 0 fully saturated rings. The average Bonchev–Trinajstić information content (AvgIpc) is 3.04. The van der Waals surface area contributed by atoms with Crippen molar-refractivity contribution in [2.75, 3.05) is 19.0 Å². The summed E-state index contributed by atoms with van der Waals surface area (Å²) >= 11 is 1.34. The van der Waals surface area contributed by atoms with Gasteiger partial charge in [-0.15, -0.1) is 11.3 Å². The largest absolute Gasteiger partial charge is 0.495 e. The van der Waals surface area contributed by atoms with E-state index in [4.69, 9.17) is 9.47 Å². The van der Waals surface area contributed by atoms with Crippen molar-refractivity contribution < 1.29 is 19.1 Å². The number of ether oxygens (including phenoxy) is 2. The highest BCUT2D eigenvalue weighted by Gasteiger charge is 2.14. The van der Waals surface area contributed by atoms with Gasteiger partial charge in [0.25, 0.3) is 5.91 Å². The first-order chi connectivity index (χ1) is 11.7. The van der Waals surface area contributed by atoms with Crippen LogP contribution in [0.15, 0.2) is 54.6 Å². The van der Waals surface area contributed by atoms with Crippen molar-refractivity contribution in [1.29, 1.82) is 0 Å². The third-order valence-corrected chi connectivity index (χ3v) is 4.44. The molecule has 122 valence electrons. The molecule has 0 saturated carbocycles. The van der Waals surface area contributed by atoms with Crippen molar-refractivity contribution in [2.45, 2.75) is 0 Å². The Hall–Kier alpha value is -2.86. The van der Waals surface area contributed by atoms with Crippen molar-refractivity contribution in [3.63, 3.8) is 0 Å². The van der Waals surface area contributed by atoms with Crippen LogP contribution in [0.5, 0.6) is 5.75 Å². The number of carbonyl (C=O) groups excluding carboxylic acids is 2. The van der Waals surface area contributed by atoms with Crippen LogP contribution in [-0.2, 0) is 9.53 Å². The standard InChI is InChI=1S/C18H15NO4S/c1-22-14-8-4-3-7-13(14)19-17(20)11-23-18(21)16-10-12-6-2-5-9-15(12)24-16/h2-10H,11H2,1H3,(H,19,20). The smallest absolute Gasteiger partial charge is 0.348 e. The lowest BCUT2D eigenvalue weighted by atomic mass is 10.2. The molecule has 0 atom stereocenters. The minimum Gasteiger partial charge on any atom is -0.495 e. The van der Waals surface area contributed by atoms with Gasteiger partial charge in [0.2, 0.25) is 0 Å². The maximum absolute atomic E-state index is 12.1. The highest BCUT2D eigenvalue weighted by Crippen LogP contribution is 2.26. The number of rotatable bonds is 5. The molecule has 0 bridgehead atoms. The molecule has 1 aromatic heterocycles. The number of hydrogen-bond acceptors (Lipinski definition) is 5. The molecule has 2 aromatic carbocycles. The highest BCUT2D eigenvalue weighted by atomic mass is 32.1. The second kappa shape index (κ2) is 7.14. The first-order valence-corrected chi connectivity index (χ1v) is 8.07. The Morgan fingerprint density at radius 2 is 1.83 bits per heavy atom. The van der Waals surface area contributed by atoms with Gasteiger partial charge in [0.15, 0.2) is 6.61 Å². The fraction of sp³-hybridized carbons (Fsp3) is 0.111. The van der Waals surface area contributed by atoms with Crippen LogP contribution in [0, 0.1) is 0 Å². The van der Waals surface area contributed by atoms with Crippen LogP contribution >= 0.6 is 11.3 Å². The number of para-hydroxylation sites is 2. The van der Waals surface area contributed by atoms with Crippen molar-refractivity contribution in [3.8, 4) is 5.75 Å². The predicted octanol–water partition coefficient (Wildman–Crippen LogP) is 3.71. The van der Waals surface area contributed by atoms with Crippen molar-refractivity contribution in [3.05, 3.63) is 59.5 Å². The van der Waals surface area contributed by atoms with Crippen LogP contribution in [0.1, 0.15) is 9.67 Å². The Kier molecular flexibility index (Phi) is 4.77. The minimum absolute atomic E-state index is 0.356. The first-order valence-electron chi connectivity index (χ1n) is 7.26. The van der Waals surface area contributed by atoms with E-state index in [0.717, 1.165) is 10.1 Å². The molecule has 1 N–H and O–H groups in total. The molecule has 5 nitrogen and oxygen atoms in total. The summed E-state index contributed by atoms with van der Waals surface area (Å²) in [6.07, 6.45) is 0. The zero-order valence-corrected chi connectivity index (χ0v) is 13.8. The van der Waals surface area contributed by atoms with Gasteiger partial charge in [-0.1, -0.05) is 30.3 Å². The molecule has 0 unspecified atom stereocenters. The predicted molar refractivity (Wildman–Crippen MR) is 93.7 cm³/mol. The number of anilines is 1. The van der Waals surface area contributed by atoms with E-state index in [9.17, 15) is 9.59 Å². The molecule has 3 rings (SSSR count). The fourth-order valence-electron chi connectivity index (χ4n) is 2.22. The summed E-state index contributed by atoms with van der Waals surface area (Å²) in [5, 5.41) is 3.64. The van der Waals surface area contributed by atoms with E-state index in [-0.39, 0.29) is 6.61 Å². The number of nitrogens with one attached hydrogen (secondary N) is 1. The second-order valence-electron chi connectivity index (χ2n) is 4.97. The van der Waals surface area contributed by atoms with Crippen LogP contribution in [0.3, 0.4) is 0 Å². The lowest BCUT2D eigenvalue weighted by molar-refractivity contribution is -0.119. The fourth-order valence-corrected chi connectivity index (χ4v) is 3.18. The average molecular weight is 341 g/mol. The maximum atomic E-state index is 12.1. The summed E-state index contributed by atoms with van der Waals surface area (Å²) < 4.78 is 11.2. The number of hydrogen-bond donors (Lipinski definition) is 1.